The highest BCUT2D eigenvalue weighted by atomic mass is 19.3. The van der Waals surface area contributed by atoms with Crippen LogP contribution in [0.4, 0.5) is 18.9 Å². The van der Waals surface area contributed by atoms with Crippen molar-refractivity contribution in [3.8, 4) is 17.4 Å². The van der Waals surface area contributed by atoms with E-state index < -0.39 is 17.7 Å². The van der Waals surface area contributed by atoms with Crippen molar-refractivity contribution in [3.05, 3.63) is 54.3 Å². The number of rotatable bonds is 9. The van der Waals surface area contributed by atoms with E-state index in [0.717, 1.165) is 44.3 Å². The van der Waals surface area contributed by atoms with E-state index in [9.17, 15) is 18.0 Å². The highest BCUT2D eigenvalue weighted by Gasteiger charge is 2.73. The first-order valence-electron chi connectivity index (χ1n) is 15.3. The third-order valence-corrected chi connectivity index (χ3v) is 10.4. The lowest BCUT2D eigenvalue weighted by molar-refractivity contribution is -0.211. The van der Waals surface area contributed by atoms with Crippen LogP contribution in [0.5, 0.6) is 17.4 Å². The van der Waals surface area contributed by atoms with Gasteiger partial charge < -0.3 is 18.9 Å². The smallest absolute Gasteiger partial charge is 0.387 e. The summed E-state index contributed by atoms with van der Waals surface area (Å²) < 4.78 is 55.5. The Morgan fingerprint density at radius 2 is 1.73 bits per heavy atom. The number of fused-ring (bicyclic) bond motifs is 3. The summed E-state index contributed by atoms with van der Waals surface area (Å²) in [5.41, 5.74) is -1.52. The van der Waals surface area contributed by atoms with E-state index in [1.165, 1.54) is 18.3 Å². The highest BCUT2D eigenvalue weighted by molar-refractivity contribution is 6.00. The van der Waals surface area contributed by atoms with Crippen molar-refractivity contribution in [2.24, 2.45) is 10.8 Å². The maximum Gasteiger partial charge on any atom is 0.387 e. The lowest BCUT2D eigenvalue weighted by Crippen LogP contribution is -2.71. The Hall–Kier alpha value is -3.63. The molecule has 1 amide bonds. The molecule has 0 spiro atoms. The van der Waals surface area contributed by atoms with Gasteiger partial charge in [-0.25, -0.2) is 9.37 Å². The maximum atomic E-state index is 14.6. The lowest BCUT2D eigenvalue weighted by Gasteiger charge is -2.65. The number of anilines is 1. The zero-order valence-electron chi connectivity index (χ0n) is 25.2. The predicted molar refractivity (Wildman–Crippen MR) is 155 cm³/mol. The van der Waals surface area contributed by atoms with Crippen molar-refractivity contribution in [2.45, 2.75) is 102 Å². The van der Waals surface area contributed by atoms with Gasteiger partial charge in [0.25, 0.3) is 0 Å². The second kappa shape index (κ2) is 9.94. The molecule has 6 aliphatic rings. The van der Waals surface area contributed by atoms with Gasteiger partial charge in [0.1, 0.15) is 17.2 Å². The number of hydrogen-bond acceptors (Lipinski definition) is 7. The van der Waals surface area contributed by atoms with E-state index in [2.05, 4.69) is 35.6 Å². The van der Waals surface area contributed by atoms with E-state index in [1.54, 1.807) is 12.1 Å². The first-order chi connectivity index (χ1) is 20.8. The summed E-state index contributed by atoms with van der Waals surface area (Å²) in [4.78, 5) is 24.9. The highest BCUT2D eigenvalue weighted by Crippen LogP contribution is 2.70. The van der Waals surface area contributed by atoms with Gasteiger partial charge in [-0.15, -0.1) is 0 Å². The maximum absolute atomic E-state index is 14.6. The molecule has 6 fully saturated rings. The van der Waals surface area contributed by atoms with E-state index in [0.29, 0.717) is 23.9 Å². The van der Waals surface area contributed by atoms with Gasteiger partial charge in [0.15, 0.2) is 5.82 Å². The Bertz CT molecular complexity index is 1520. The van der Waals surface area contributed by atoms with Gasteiger partial charge in [0.05, 0.1) is 11.6 Å². The van der Waals surface area contributed by atoms with Gasteiger partial charge in [0.2, 0.25) is 17.7 Å². The minimum absolute atomic E-state index is 0.0226. The van der Waals surface area contributed by atoms with Crippen molar-refractivity contribution in [1.29, 1.82) is 0 Å². The second-order valence-electron chi connectivity index (χ2n) is 14.6. The van der Waals surface area contributed by atoms with E-state index in [1.807, 2.05) is 17.0 Å². The number of ether oxygens (including phenoxy) is 2. The van der Waals surface area contributed by atoms with Crippen molar-refractivity contribution in [1.82, 2.24) is 15.1 Å². The van der Waals surface area contributed by atoms with Gasteiger partial charge in [-0.3, -0.25) is 4.79 Å². The number of nitrogens with zero attached hydrogens (tertiary/aromatic N) is 4. The molecule has 6 aliphatic carbocycles. The van der Waals surface area contributed by atoms with Gasteiger partial charge >= 0.3 is 6.61 Å². The summed E-state index contributed by atoms with van der Waals surface area (Å²) in [7, 11) is 0. The fourth-order valence-electron chi connectivity index (χ4n) is 7.81. The summed E-state index contributed by atoms with van der Waals surface area (Å²) in [6.45, 7) is 3.80. The van der Waals surface area contributed by atoms with E-state index >= 15 is 0 Å². The monoisotopic (exact) mass is 610 g/mol. The Kier molecular flexibility index (Phi) is 6.57. The Morgan fingerprint density at radius 3 is 2.30 bits per heavy atom. The van der Waals surface area contributed by atoms with Crippen LogP contribution in [-0.2, 0) is 15.6 Å². The summed E-state index contributed by atoms with van der Waals surface area (Å²) >= 11 is 0. The van der Waals surface area contributed by atoms with Crippen LogP contribution in [0, 0.1) is 10.8 Å². The third kappa shape index (κ3) is 5.01. The van der Waals surface area contributed by atoms with Crippen LogP contribution >= 0.6 is 0 Å². The fourth-order valence-corrected chi connectivity index (χ4v) is 7.81. The van der Waals surface area contributed by atoms with E-state index in [4.69, 9.17) is 14.2 Å². The molecule has 0 unspecified atom stereocenters. The number of alkyl halides is 3. The van der Waals surface area contributed by atoms with Gasteiger partial charge in [-0.2, -0.15) is 13.8 Å². The second-order valence-corrected chi connectivity index (χ2v) is 14.6. The number of hydrogen-bond donors (Lipinski definition) is 0. The van der Waals surface area contributed by atoms with Crippen molar-refractivity contribution >= 4 is 11.6 Å². The number of pyridine rings is 1. The molecule has 2 heterocycles. The topological polar surface area (TPSA) is 90.6 Å². The van der Waals surface area contributed by atoms with Gasteiger partial charge in [-0.05, 0) is 81.4 Å². The average molecular weight is 611 g/mol. The summed E-state index contributed by atoms with van der Waals surface area (Å²) in [6.07, 6.45) is 7.60. The number of carbonyl (C=O) groups is 1. The molecule has 6 saturated carbocycles. The van der Waals surface area contributed by atoms with Crippen molar-refractivity contribution < 1.29 is 32.0 Å². The molecule has 0 saturated heterocycles. The molecule has 234 valence electrons. The molecule has 0 atom stereocenters. The average Bonchev–Trinajstić information content (AvgIpc) is 3.48. The molecule has 3 aromatic rings. The molecule has 2 aromatic heterocycles. The Morgan fingerprint density at radius 1 is 1.02 bits per heavy atom. The Labute approximate surface area is 254 Å². The quantitative estimate of drug-likeness (QED) is 0.246. The van der Waals surface area contributed by atoms with Crippen LogP contribution in [0.2, 0.25) is 0 Å². The molecular formula is C33H37F3N4O4. The zero-order valence-corrected chi connectivity index (χ0v) is 25.2. The number of amides is 1. The van der Waals surface area contributed by atoms with Crippen LogP contribution in [-0.4, -0.2) is 39.9 Å². The van der Waals surface area contributed by atoms with Crippen LogP contribution in [0.15, 0.2) is 47.1 Å². The normalized spacial score (nSPS) is 30.4. The van der Waals surface area contributed by atoms with E-state index in [-0.39, 0.29) is 53.0 Å². The molecule has 1 aromatic carbocycles. The van der Waals surface area contributed by atoms with Crippen molar-refractivity contribution in [2.75, 3.05) is 11.4 Å². The first kappa shape index (κ1) is 29.1. The summed E-state index contributed by atoms with van der Waals surface area (Å²) in [6, 6.07) is 10.0. The number of carbonyl (C=O) groups excluding carboxylic acids is 1. The van der Waals surface area contributed by atoms with Crippen molar-refractivity contribution in [3.63, 3.8) is 0 Å². The standard InChI is InChI=1S/C33H37F3N4O4/c1-29(2,3)26-38-25(39-44-26)31-12-9-30(10-13-31,11-14-31)20-40(27(41)32-17-33(36,18-32)19-32)21-5-4-6-22(15-21)42-24-8-7-23(16-37-24)43-28(34)35/h4-8,15-16,28H,9-14,17-20H2,1-3H3. The summed E-state index contributed by atoms with van der Waals surface area (Å²) in [5, 5.41) is 4.41. The van der Waals surface area contributed by atoms with Crippen LogP contribution in [0.1, 0.15) is 90.3 Å². The van der Waals surface area contributed by atoms with Crippen LogP contribution in [0.3, 0.4) is 0 Å². The molecule has 9 rings (SSSR count). The Balaban J connectivity index is 1.11. The predicted octanol–water partition coefficient (Wildman–Crippen LogP) is 7.67. The molecule has 4 bridgehead atoms. The number of benzene rings is 1. The fraction of sp³-hybridized carbons (Fsp3) is 0.576. The summed E-state index contributed by atoms with van der Waals surface area (Å²) in [5.74, 6) is 2.01. The minimum Gasteiger partial charge on any atom is -0.439 e. The van der Waals surface area contributed by atoms with Gasteiger partial charge in [-0.1, -0.05) is 32.0 Å². The molecule has 11 heteroatoms. The molecular weight excluding hydrogens is 573 g/mol. The first-order valence-corrected chi connectivity index (χ1v) is 15.3. The van der Waals surface area contributed by atoms with Crippen LogP contribution < -0.4 is 14.4 Å². The van der Waals surface area contributed by atoms with Gasteiger partial charge in [0, 0.05) is 35.2 Å². The molecule has 0 radical (unpaired) electrons. The molecule has 44 heavy (non-hydrogen) atoms. The van der Waals surface area contributed by atoms with Crippen LogP contribution in [0.25, 0.3) is 0 Å². The lowest BCUT2D eigenvalue weighted by atomic mass is 9.41. The number of aromatic nitrogens is 3. The zero-order chi connectivity index (χ0) is 31.0. The largest absolute Gasteiger partial charge is 0.439 e. The SMILES string of the molecule is CC(C)(C)c1nc(C23CCC(CN(C(=O)C45CC(F)(C4)C5)c4cccc(Oc5ccc(OC(F)F)cn5)c4)(CC2)CC3)no1. The molecule has 0 N–H and O–H groups in total. The number of halogens is 3. The third-order valence-electron chi connectivity index (χ3n) is 10.4. The minimum atomic E-state index is -2.94. The molecule has 0 aliphatic heterocycles. The molecule has 8 nitrogen and oxygen atoms in total.